The van der Waals surface area contributed by atoms with Crippen LogP contribution in [0.5, 0.6) is 0 Å². The number of aromatic nitrogens is 1. The SMILES string of the molecule is O=C(c1ccccc1)N1CCN(c2ccc(S(=O)(=O)N3CCOCC3)c[nH+]2)CC1. The maximum absolute atomic E-state index is 12.7. The van der Waals surface area contributed by atoms with Crippen molar-refractivity contribution in [3.63, 3.8) is 0 Å². The van der Waals surface area contributed by atoms with E-state index in [1.54, 1.807) is 18.3 Å². The molecule has 1 aromatic carbocycles. The summed E-state index contributed by atoms with van der Waals surface area (Å²) in [5.74, 6) is 0.888. The van der Waals surface area contributed by atoms with Gasteiger partial charge in [0.15, 0.2) is 0 Å². The van der Waals surface area contributed by atoms with Gasteiger partial charge < -0.3 is 9.64 Å². The summed E-state index contributed by atoms with van der Waals surface area (Å²) < 4.78 is 32.1. The van der Waals surface area contributed by atoms with Gasteiger partial charge in [-0.25, -0.2) is 13.4 Å². The van der Waals surface area contributed by atoms with Crippen LogP contribution in [0.1, 0.15) is 10.4 Å². The fourth-order valence-electron chi connectivity index (χ4n) is 3.61. The molecule has 0 spiro atoms. The van der Waals surface area contributed by atoms with E-state index in [2.05, 4.69) is 9.88 Å². The molecule has 2 aromatic rings. The predicted octanol–water partition coefficient (Wildman–Crippen LogP) is 0.484. The Hall–Kier alpha value is -2.49. The number of piperazine rings is 1. The van der Waals surface area contributed by atoms with Crippen molar-refractivity contribution in [2.24, 2.45) is 0 Å². The minimum Gasteiger partial charge on any atom is -0.379 e. The van der Waals surface area contributed by atoms with Crippen molar-refractivity contribution in [1.29, 1.82) is 0 Å². The lowest BCUT2D eigenvalue weighted by atomic mass is 10.2. The molecule has 0 atom stereocenters. The van der Waals surface area contributed by atoms with Crippen LogP contribution in [0.2, 0.25) is 0 Å². The number of amides is 1. The van der Waals surface area contributed by atoms with Gasteiger partial charge in [-0.15, -0.1) is 0 Å². The second kappa shape index (κ2) is 8.48. The molecule has 1 N–H and O–H groups in total. The number of H-pyrrole nitrogens is 1. The Balaban J connectivity index is 1.38. The number of hydrogen-bond acceptors (Lipinski definition) is 5. The molecule has 9 heteroatoms. The van der Waals surface area contributed by atoms with Crippen LogP contribution in [-0.4, -0.2) is 76.0 Å². The predicted molar refractivity (Wildman–Crippen MR) is 107 cm³/mol. The smallest absolute Gasteiger partial charge is 0.274 e. The van der Waals surface area contributed by atoms with E-state index in [-0.39, 0.29) is 10.8 Å². The second-order valence-corrected chi connectivity index (χ2v) is 9.01. The normalized spacial score (nSPS) is 18.6. The molecule has 4 rings (SSSR count). The number of carbonyl (C=O) groups excluding carboxylic acids is 1. The summed E-state index contributed by atoms with van der Waals surface area (Å²) in [5, 5.41) is 0. The molecule has 0 saturated carbocycles. The number of nitrogens with zero attached hydrogens (tertiary/aromatic N) is 3. The number of sulfonamides is 1. The molecule has 2 saturated heterocycles. The first-order valence-corrected chi connectivity index (χ1v) is 11.2. The van der Waals surface area contributed by atoms with Crippen LogP contribution in [0.3, 0.4) is 0 Å². The first-order valence-electron chi connectivity index (χ1n) is 9.74. The molecule has 2 aliphatic rings. The van der Waals surface area contributed by atoms with Crippen molar-refractivity contribution in [2.75, 3.05) is 57.4 Å². The van der Waals surface area contributed by atoms with Crippen molar-refractivity contribution in [1.82, 2.24) is 9.21 Å². The van der Waals surface area contributed by atoms with Crippen molar-refractivity contribution in [3.05, 3.63) is 54.2 Å². The number of morpholine rings is 1. The van der Waals surface area contributed by atoms with Gasteiger partial charge in [0, 0.05) is 24.7 Å². The van der Waals surface area contributed by atoms with Crippen LogP contribution in [0.25, 0.3) is 0 Å². The maximum atomic E-state index is 12.7. The molecule has 0 radical (unpaired) electrons. The summed E-state index contributed by atoms with van der Waals surface area (Å²) >= 11 is 0. The Labute approximate surface area is 170 Å². The van der Waals surface area contributed by atoms with Gasteiger partial charge in [-0.1, -0.05) is 18.2 Å². The van der Waals surface area contributed by atoms with E-state index in [0.717, 1.165) is 5.82 Å². The van der Waals surface area contributed by atoms with E-state index >= 15 is 0 Å². The summed E-state index contributed by atoms with van der Waals surface area (Å²) in [6, 6.07) is 12.7. The number of anilines is 1. The largest absolute Gasteiger partial charge is 0.379 e. The highest BCUT2D eigenvalue weighted by Gasteiger charge is 2.29. The minimum absolute atomic E-state index is 0.0428. The third kappa shape index (κ3) is 4.26. The van der Waals surface area contributed by atoms with E-state index in [0.29, 0.717) is 58.0 Å². The van der Waals surface area contributed by atoms with Crippen LogP contribution in [0.15, 0.2) is 53.6 Å². The number of nitrogens with one attached hydrogen (secondary N) is 1. The standard InChI is InChI=1S/C20H24N4O4S/c25-20(17-4-2-1-3-5-17)23-10-8-22(9-11-23)19-7-6-18(16-21-19)29(26,27)24-12-14-28-15-13-24/h1-7,16H,8-15H2/p+1. The molecule has 8 nitrogen and oxygen atoms in total. The lowest BCUT2D eigenvalue weighted by Gasteiger charge is -2.31. The van der Waals surface area contributed by atoms with E-state index in [4.69, 9.17) is 4.74 Å². The molecule has 2 fully saturated rings. The summed E-state index contributed by atoms with van der Waals surface area (Å²) in [6.07, 6.45) is 1.54. The van der Waals surface area contributed by atoms with Gasteiger partial charge in [-0.3, -0.25) is 9.69 Å². The van der Waals surface area contributed by atoms with Gasteiger partial charge in [0.25, 0.3) is 11.7 Å². The van der Waals surface area contributed by atoms with Crippen molar-refractivity contribution < 1.29 is 22.9 Å². The average molecular weight is 418 g/mol. The topological polar surface area (TPSA) is 84.3 Å². The zero-order chi connectivity index (χ0) is 20.3. The molecule has 1 aromatic heterocycles. The fraction of sp³-hybridized carbons (Fsp3) is 0.400. The highest BCUT2D eigenvalue weighted by Crippen LogP contribution is 2.18. The second-order valence-electron chi connectivity index (χ2n) is 7.07. The molecular formula is C20H25N4O4S+. The van der Waals surface area contributed by atoms with E-state index < -0.39 is 10.0 Å². The molecule has 2 aliphatic heterocycles. The number of rotatable bonds is 4. The summed E-state index contributed by atoms with van der Waals surface area (Å²) in [6.45, 7) is 4.21. The molecule has 0 aliphatic carbocycles. The third-order valence-electron chi connectivity index (χ3n) is 5.30. The maximum Gasteiger partial charge on any atom is 0.274 e. The summed E-state index contributed by atoms with van der Waals surface area (Å²) in [4.78, 5) is 19.9. The van der Waals surface area contributed by atoms with Gasteiger partial charge in [0.1, 0.15) is 24.2 Å². The lowest BCUT2D eigenvalue weighted by molar-refractivity contribution is -0.367. The number of benzene rings is 1. The number of hydrogen-bond donors (Lipinski definition) is 0. The summed E-state index contributed by atoms with van der Waals surface area (Å²) in [7, 11) is -3.51. The van der Waals surface area contributed by atoms with Crippen LogP contribution in [0, 0.1) is 0 Å². The number of pyridine rings is 1. The van der Waals surface area contributed by atoms with Crippen molar-refractivity contribution in [2.45, 2.75) is 4.90 Å². The Kier molecular flexibility index (Phi) is 5.79. The van der Waals surface area contributed by atoms with Gasteiger partial charge in [-0.2, -0.15) is 4.31 Å². The Morgan fingerprint density at radius 2 is 1.59 bits per heavy atom. The Bertz CT molecular complexity index is 936. The van der Waals surface area contributed by atoms with E-state index in [1.807, 2.05) is 35.2 Å². The summed E-state index contributed by atoms with van der Waals surface area (Å²) in [5.41, 5.74) is 0.699. The van der Waals surface area contributed by atoms with E-state index in [9.17, 15) is 13.2 Å². The number of ether oxygens (including phenoxy) is 1. The average Bonchev–Trinajstić information content (AvgIpc) is 2.80. The first-order chi connectivity index (χ1) is 14.1. The zero-order valence-corrected chi connectivity index (χ0v) is 17.0. The highest BCUT2D eigenvalue weighted by molar-refractivity contribution is 7.89. The van der Waals surface area contributed by atoms with Crippen LogP contribution >= 0.6 is 0 Å². The van der Waals surface area contributed by atoms with Gasteiger partial charge in [-0.05, 0) is 18.2 Å². The molecule has 0 unspecified atom stereocenters. The molecule has 154 valence electrons. The molecule has 3 heterocycles. The van der Waals surface area contributed by atoms with Crippen LogP contribution in [-0.2, 0) is 14.8 Å². The fourth-order valence-corrected chi connectivity index (χ4v) is 4.99. The Morgan fingerprint density at radius 1 is 0.897 bits per heavy atom. The van der Waals surface area contributed by atoms with Crippen molar-refractivity contribution in [3.8, 4) is 0 Å². The molecule has 29 heavy (non-hydrogen) atoms. The zero-order valence-electron chi connectivity index (χ0n) is 16.2. The number of carbonyl (C=O) groups is 1. The minimum atomic E-state index is -3.51. The Morgan fingerprint density at radius 3 is 2.21 bits per heavy atom. The monoisotopic (exact) mass is 417 g/mol. The molecule has 0 bridgehead atoms. The van der Waals surface area contributed by atoms with E-state index in [1.165, 1.54) is 4.31 Å². The molecule has 1 amide bonds. The van der Waals surface area contributed by atoms with Crippen LogP contribution < -0.4 is 9.88 Å². The van der Waals surface area contributed by atoms with Gasteiger partial charge in [0.05, 0.1) is 26.3 Å². The molecular weight excluding hydrogens is 392 g/mol. The lowest BCUT2D eigenvalue weighted by Crippen LogP contribution is -2.50. The van der Waals surface area contributed by atoms with Crippen molar-refractivity contribution >= 4 is 21.7 Å². The highest BCUT2D eigenvalue weighted by atomic mass is 32.2. The first kappa shape index (κ1) is 19.8. The quantitative estimate of drug-likeness (QED) is 0.723. The number of aromatic amines is 1. The van der Waals surface area contributed by atoms with Crippen LogP contribution in [0.4, 0.5) is 5.82 Å². The van der Waals surface area contributed by atoms with Gasteiger partial charge in [0.2, 0.25) is 10.0 Å². The third-order valence-corrected chi connectivity index (χ3v) is 7.20. The van der Waals surface area contributed by atoms with Gasteiger partial charge >= 0.3 is 0 Å².